The second-order valence-electron chi connectivity index (χ2n) is 11.0. The predicted octanol–water partition coefficient (Wildman–Crippen LogP) is 6.58. The number of nitrogens with zero attached hydrogens (tertiary/aromatic N) is 1. The fourth-order valence-corrected chi connectivity index (χ4v) is 4.60. The number of nitrogens with one attached hydrogen (secondary N) is 3. The molecule has 3 aromatic carbocycles. The summed E-state index contributed by atoms with van der Waals surface area (Å²) in [6.45, 7) is 7.07. The normalized spacial score (nSPS) is 11.5. The van der Waals surface area contributed by atoms with Crippen molar-refractivity contribution in [3.63, 3.8) is 0 Å². The number of fused-ring (bicyclic) bond motifs is 1. The zero-order valence-corrected chi connectivity index (χ0v) is 23.7. The summed E-state index contributed by atoms with van der Waals surface area (Å²) in [5.41, 5.74) is 4.67. The number of carbonyl (C=O) groups excluding carboxylic acids is 2. The van der Waals surface area contributed by atoms with Crippen LogP contribution in [0.2, 0.25) is 0 Å². The average molecular weight is 551 g/mol. The lowest BCUT2D eigenvalue weighted by Gasteiger charge is -2.22. The predicted molar refractivity (Wildman–Crippen MR) is 159 cm³/mol. The van der Waals surface area contributed by atoms with Crippen LogP contribution < -0.4 is 10.1 Å². The number of H-pyrrole nitrogens is 2. The van der Waals surface area contributed by atoms with E-state index in [1.165, 1.54) is 7.11 Å². The Morgan fingerprint density at radius 1 is 1.00 bits per heavy atom. The monoisotopic (exact) mass is 550 g/mol. The van der Waals surface area contributed by atoms with Crippen molar-refractivity contribution in [3.05, 3.63) is 102 Å². The minimum Gasteiger partial charge on any atom is -0.469 e. The molecule has 0 bridgehead atoms. The van der Waals surface area contributed by atoms with Crippen molar-refractivity contribution in [3.8, 4) is 22.9 Å². The molecule has 2 heterocycles. The van der Waals surface area contributed by atoms with Gasteiger partial charge in [0.2, 0.25) is 5.78 Å². The van der Waals surface area contributed by atoms with E-state index < -0.39 is 0 Å². The number of hydrogen-bond acceptors (Lipinski definition) is 6. The number of imidazole rings is 1. The number of methoxy groups -OCH3 is 1. The zero-order chi connectivity index (χ0) is 29.0. The van der Waals surface area contributed by atoms with Crippen LogP contribution in [0.4, 0.5) is 0 Å². The molecule has 5 rings (SSSR count). The number of benzene rings is 3. The van der Waals surface area contributed by atoms with Crippen LogP contribution in [0.15, 0.2) is 79.1 Å². The summed E-state index contributed by atoms with van der Waals surface area (Å²) in [5, 5.41) is 4.68. The summed E-state index contributed by atoms with van der Waals surface area (Å²) in [6, 6.07) is 21.0. The van der Waals surface area contributed by atoms with Gasteiger partial charge >= 0.3 is 5.97 Å². The molecule has 2 aromatic heterocycles. The van der Waals surface area contributed by atoms with Gasteiger partial charge in [0.25, 0.3) is 0 Å². The van der Waals surface area contributed by atoms with E-state index in [1.807, 2.05) is 54.7 Å². The minimum absolute atomic E-state index is 0.0472. The lowest BCUT2D eigenvalue weighted by atomic mass is 10.0. The lowest BCUT2D eigenvalue weighted by Crippen LogP contribution is -2.35. The smallest absolute Gasteiger partial charge is 0.305 e. The molecule has 41 heavy (non-hydrogen) atoms. The number of aryl methyl sites for hydroxylation is 1. The molecule has 0 saturated carbocycles. The molecule has 0 atom stereocenters. The second kappa shape index (κ2) is 11.8. The third-order valence-corrected chi connectivity index (χ3v) is 6.79. The SMILES string of the molecule is COC(=O)CCc1cccc(C(=O)c2cnc(-c3cccc(Oc4ccc5[nH]ccc5c4CNC(C)(C)C)c3)[nH]2)c1. The summed E-state index contributed by atoms with van der Waals surface area (Å²) >= 11 is 0. The molecule has 8 heteroatoms. The standard InChI is InChI=1S/C33H34N4O4/c1-33(2,3)36-19-26-25-15-16-34-27(25)12-13-29(26)41-24-10-6-9-23(18-24)32-35-20-28(37-32)31(39)22-8-5-7-21(17-22)11-14-30(38)40-4/h5-10,12-13,15-18,20,34,36H,11,14,19H2,1-4H3,(H,35,37). The highest BCUT2D eigenvalue weighted by Crippen LogP contribution is 2.33. The highest BCUT2D eigenvalue weighted by atomic mass is 16.5. The molecule has 0 spiro atoms. The van der Waals surface area contributed by atoms with Crippen molar-refractivity contribution < 1.29 is 19.1 Å². The number of ether oxygens (including phenoxy) is 2. The number of carbonyl (C=O) groups is 2. The average Bonchev–Trinajstić information content (AvgIpc) is 3.65. The largest absolute Gasteiger partial charge is 0.469 e. The van der Waals surface area contributed by atoms with Crippen LogP contribution in [0.1, 0.15) is 54.4 Å². The van der Waals surface area contributed by atoms with Crippen LogP contribution in [0.25, 0.3) is 22.3 Å². The Morgan fingerprint density at radius 2 is 1.83 bits per heavy atom. The summed E-state index contributed by atoms with van der Waals surface area (Å²) in [4.78, 5) is 35.6. The first-order chi connectivity index (χ1) is 19.7. The number of rotatable bonds is 10. The van der Waals surface area contributed by atoms with E-state index in [4.69, 9.17) is 9.47 Å². The molecule has 3 N–H and O–H groups in total. The van der Waals surface area contributed by atoms with Gasteiger partial charge in [-0.25, -0.2) is 4.98 Å². The van der Waals surface area contributed by atoms with Gasteiger partial charge in [0.05, 0.1) is 13.3 Å². The topological polar surface area (TPSA) is 109 Å². The number of aromatic nitrogens is 3. The van der Waals surface area contributed by atoms with Gasteiger partial charge < -0.3 is 24.8 Å². The summed E-state index contributed by atoms with van der Waals surface area (Å²) < 4.78 is 11.1. The quantitative estimate of drug-likeness (QED) is 0.134. The minimum atomic E-state index is -0.283. The maximum Gasteiger partial charge on any atom is 0.305 e. The van der Waals surface area contributed by atoms with Crippen LogP contribution in [0, 0.1) is 0 Å². The van der Waals surface area contributed by atoms with Crippen LogP contribution in [-0.4, -0.2) is 39.4 Å². The van der Waals surface area contributed by atoms with Crippen molar-refractivity contribution in [1.82, 2.24) is 20.3 Å². The first-order valence-electron chi connectivity index (χ1n) is 13.6. The molecule has 0 aliphatic heterocycles. The fraction of sp³-hybridized carbons (Fsp3) is 0.242. The van der Waals surface area contributed by atoms with E-state index in [2.05, 4.69) is 47.1 Å². The molecule has 5 aromatic rings. The van der Waals surface area contributed by atoms with Gasteiger partial charge in [-0.1, -0.05) is 30.3 Å². The molecular formula is C33H34N4O4. The Hall–Kier alpha value is -4.69. The Morgan fingerprint density at radius 3 is 2.63 bits per heavy atom. The number of ketones is 1. The van der Waals surface area contributed by atoms with Crippen LogP contribution in [0.5, 0.6) is 11.5 Å². The number of aromatic amines is 2. The first-order valence-corrected chi connectivity index (χ1v) is 13.6. The Bertz CT molecular complexity index is 1690. The molecule has 0 radical (unpaired) electrons. The summed E-state index contributed by atoms with van der Waals surface area (Å²) in [6.07, 6.45) is 4.24. The van der Waals surface area contributed by atoms with Gasteiger partial charge in [-0.3, -0.25) is 9.59 Å². The van der Waals surface area contributed by atoms with Crippen molar-refractivity contribution in [2.45, 2.75) is 45.7 Å². The molecule has 0 saturated heterocycles. The van der Waals surface area contributed by atoms with Crippen LogP contribution in [0.3, 0.4) is 0 Å². The summed E-state index contributed by atoms with van der Waals surface area (Å²) in [5.74, 6) is 1.54. The van der Waals surface area contributed by atoms with Crippen molar-refractivity contribution >= 4 is 22.7 Å². The van der Waals surface area contributed by atoms with Gasteiger partial charge in [-0.2, -0.15) is 0 Å². The molecule has 0 unspecified atom stereocenters. The molecule has 0 aliphatic carbocycles. The van der Waals surface area contributed by atoms with E-state index in [0.717, 1.165) is 33.3 Å². The number of hydrogen-bond donors (Lipinski definition) is 3. The van der Waals surface area contributed by atoms with Gasteiger partial charge in [0.1, 0.15) is 23.0 Å². The highest BCUT2D eigenvalue weighted by molar-refractivity contribution is 6.08. The van der Waals surface area contributed by atoms with Gasteiger partial charge in [-0.05, 0) is 69.2 Å². The van der Waals surface area contributed by atoms with Crippen molar-refractivity contribution in [2.24, 2.45) is 0 Å². The Balaban J connectivity index is 1.35. The second-order valence-corrected chi connectivity index (χ2v) is 11.0. The van der Waals surface area contributed by atoms with E-state index in [-0.39, 0.29) is 23.7 Å². The Labute approximate surface area is 239 Å². The molecule has 0 fully saturated rings. The van der Waals surface area contributed by atoms with E-state index in [1.54, 1.807) is 18.3 Å². The van der Waals surface area contributed by atoms with Crippen LogP contribution in [-0.2, 0) is 22.5 Å². The summed E-state index contributed by atoms with van der Waals surface area (Å²) in [7, 11) is 1.37. The first kappa shape index (κ1) is 27.9. The van der Waals surface area contributed by atoms with E-state index in [0.29, 0.717) is 35.8 Å². The maximum atomic E-state index is 13.2. The van der Waals surface area contributed by atoms with E-state index in [9.17, 15) is 9.59 Å². The maximum absolute atomic E-state index is 13.2. The van der Waals surface area contributed by atoms with E-state index >= 15 is 0 Å². The molecule has 8 nitrogen and oxygen atoms in total. The fourth-order valence-electron chi connectivity index (χ4n) is 4.60. The third-order valence-electron chi connectivity index (χ3n) is 6.79. The van der Waals surface area contributed by atoms with Gasteiger partial charge in [-0.15, -0.1) is 0 Å². The third kappa shape index (κ3) is 6.73. The molecule has 210 valence electrons. The molecule has 0 aliphatic rings. The lowest BCUT2D eigenvalue weighted by molar-refractivity contribution is -0.140. The Kier molecular flexibility index (Phi) is 8.03. The number of esters is 1. The van der Waals surface area contributed by atoms with Crippen molar-refractivity contribution in [2.75, 3.05) is 7.11 Å². The van der Waals surface area contributed by atoms with Crippen LogP contribution >= 0.6 is 0 Å². The van der Waals surface area contributed by atoms with Gasteiger partial charge in [0.15, 0.2) is 0 Å². The zero-order valence-electron chi connectivity index (χ0n) is 23.7. The molecule has 0 amide bonds. The highest BCUT2D eigenvalue weighted by Gasteiger charge is 2.17. The van der Waals surface area contributed by atoms with Crippen molar-refractivity contribution in [1.29, 1.82) is 0 Å². The van der Waals surface area contributed by atoms with Gasteiger partial charge in [0, 0.05) is 52.3 Å². The molecular weight excluding hydrogens is 516 g/mol.